The van der Waals surface area contributed by atoms with E-state index in [0.29, 0.717) is 15.0 Å². The molecule has 0 unspecified atom stereocenters. The Balaban J connectivity index is 1.93. The normalized spacial score (nSPS) is 10.4. The number of nitrogens with one attached hydrogen (secondary N) is 1. The first kappa shape index (κ1) is 15.3. The molecule has 4 heteroatoms. The van der Waals surface area contributed by atoms with E-state index in [2.05, 4.69) is 36.5 Å². The molecular formula is C16H19NOSSe. The molecule has 0 saturated heterocycles. The van der Waals surface area contributed by atoms with Crippen LogP contribution in [0, 0.1) is 0 Å². The molecule has 0 fully saturated rings. The minimum atomic E-state index is 0.0876. The maximum atomic E-state index is 12.1. The molecule has 2 nitrogen and oxygen atoms in total. The SMILES string of the molecule is CCCCNC(=O)c1ccsc1[Se]Cc1ccccc1. The van der Waals surface area contributed by atoms with Gasteiger partial charge in [0.05, 0.1) is 0 Å². The van der Waals surface area contributed by atoms with Crippen LogP contribution in [-0.2, 0) is 5.32 Å². The van der Waals surface area contributed by atoms with Gasteiger partial charge in [-0.2, -0.15) is 0 Å². The van der Waals surface area contributed by atoms with Gasteiger partial charge in [-0.3, -0.25) is 0 Å². The van der Waals surface area contributed by atoms with Gasteiger partial charge in [-0.15, -0.1) is 0 Å². The fourth-order valence-corrected chi connectivity index (χ4v) is 5.23. The van der Waals surface area contributed by atoms with E-state index in [0.717, 1.165) is 30.3 Å². The van der Waals surface area contributed by atoms with E-state index in [-0.39, 0.29) is 5.91 Å². The van der Waals surface area contributed by atoms with Crippen LogP contribution >= 0.6 is 11.3 Å². The summed E-state index contributed by atoms with van der Waals surface area (Å²) in [5, 5.41) is 6.07. The fraction of sp³-hybridized carbons (Fsp3) is 0.312. The summed E-state index contributed by atoms with van der Waals surface area (Å²) in [4.78, 5) is 12.1. The Kier molecular flexibility index (Phi) is 6.31. The fourth-order valence-electron chi connectivity index (χ4n) is 1.77. The number of rotatable bonds is 7. The van der Waals surface area contributed by atoms with Gasteiger partial charge in [0.25, 0.3) is 0 Å². The molecular weight excluding hydrogens is 333 g/mol. The minimum absolute atomic E-state index is 0.0876. The Labute approximate surface area is 130 Å². The topological polar surface area (TPSA) is 29.1 Å². The molecule has 1 N–H and O–H groups in total. The average molecular weight is 352 g/mol. The van der Waals surface area contributed by atoms with Crippen LogP contribution in [0.25, 0.3) is 0 Å². The number of carbonyl (C=O) groups is 1. The molecule has 0 saturated carbocycles. The Hall–Kier alpha value is -1.09. The van der Waals surface area contributed by atoms with Crippen molar-refractivity contribution in [2.45, 2.75) is 25.1 Å². The van der Waals surface area contributed by atoms with E-state index in [1.165, 1.54) is 9.34 Å². The average Bonchev–Trinajstić information content (AvgIpc) is 2.95. The molecule has 0 aliphatic rings. The number of hydrogen-bond acceptors (Lipinski definition) is 2. The first-order valence-corrected chi connectivity index (χ1v) is 9.78. The van der Waals surface area contributed by atoms with Crippen molar-refractivity contribution in [2.24, 2.45) is 0 Å². The van der Waals surface area contributed by atoms with E-state index >= 15 is 0 Å². The van der Waals surface area contributed by atoms with Crippen molar-refractivity contribution in [3.05, 3.63) is 52.9 Å². The van der Waals surface area contributed by atoms with Crippen molar-refractivity contribution in [3.8, 4) is 0 Å². The van der Waals surface area contributed by atoms with Crippen LogP contribution in [0.1, 0.15) is 35.7 Å². The summed E-state index contributed by atoms with van der Waals surface area (Å²) in [7, 11) is 0. The molecule has 0 bridgehead atoms. The van der Waals surface area contributed by atoms with Gasteiger partial charge in [0.1, 0.15) is 0 Å². The van der Waals surface area contributed by atoms with Gasteiger partial charge >= 0.3 is 131 Å². The van der Waals surface area contributed by atoms with Gasteiger partial charge in [-0.1, -0.05) is 0 Å². The van der Waals surface area contributed by atoms with Crippen LogP contribution in [0.2, 0.25) is 0 Å². The molecule has 0 atom stereocenters. The van der Waals surface area contributed by atoms with Gasteiger partial charge in [0.2, 0.25) is 0 Å². The Bertz CT molecular complexity index is 538. The molecule has 106 valence electrons. The van der Waals surface area contributed by atoms with Crippen molar-refractivity contribution in [1.82, 2.24) is 5.32 Å². The Morgan fingerprint density at radius 1 is 1.25 bits per heavy atom. The Morgan fingerprint density at radius 2 is 2.05 bits per heavy atom. The molecule has 0 radical (unpaired) electrons. The van der Waals surface area contributed by atoms with Gasteiger partial charge in [0, 0.05) is 0 Å². The van der Waals surface area contributed by atoms with Crippen molar-refractivity contribution < 1.29 is 4.79 Å². The monoisotopic (exact) mass is 353 g/mol. The number of thiophene rings is 1. The van der Waals surface area contributed by atoms with Gasteiger partial charge < -0.3 is 0 Å². The van der Waals surface area contributed by atoms with Crippen LogP contribution in [-0.4, -0.2) is 27.4 Å². The third-order valence-corrected chi connectivity index (χ3v) is 6.84. The number of carbonyl (C=O) groups excluding carboxylic acids is 1. The summed E-state index contributed by atoms with van der Waals surface area (Å²) in [6, 6.07) is 12.4. The predicted molar refractivity (Wildman–Crippen MR) is 87.1 cm³/mol. The third-order valence-electron chi connectivity index (χ3n) is 2.90. The number of unbranched alkanes of at least 4 members (excludes halogenated alkanes) is 1. The van der Waals surface area contributed by atoms with Crippen molar-refractivity contribution in [1.29, 1.82) is 0 Å². The standard InChI is InChI=1S/C16H19NOSSe/c1-2-3-10-17-15(18)14-9-11-19-16(14)20-12-13-7-5-4-6-8-13/h4-9,11H,2-3,10,12H2,1H3,(H,17,18). The molecule has 0 spiro atoms. The van der Waals surface area contributed by atoms with E-state index < -0.39 is 0 Å². The molecule has 0 aliphatic heterocycles. The molecule has 2 rings (SSSR count). The quantitative estimate of drug-likeness (QED) is 0.603. The van der Waals surface area contributed by atoms with Crippen LogP contribution in [0.3, 0.4) is 0 Å². The summed E-state index contributed by atoms with van der Waals surface area (Å²) < 4.78 is 1.25. The second-order valence-corrected chi connectivity index (χ2v) is 8.07. The summed E-state index contributed by atoms with van der Waals surface area (Å²) in [6.07, 6.45) is 2.15. The number of hydrogen-bond donors (Lipinski definition) is 1. The zero-order valence-corrected chi connectivity index (χ0v) is 14.1. The van der Waals surface area contributed by atoms with Crippen molar-refractivity contribution in [2.75, 3.05) is 6.54 Å². The van der Waals surface area contributed by atoms with E-state index in [9.17, 15) is 4.79 Å². The number of benzene rings is 1. The number of amides is 1. The predicted octanol–water partition coefficient (Wildman–Crippen LogP) is 2.81. The van der Waals surface area contributed by atoms with Gasteiger partial charge in [-0.05, 0) is 0 Å². The molecule has 2 aromatic rings. The van der Waals surface area contributed by atoms with Crippen LogP contribution in [0.15, 0.2) is 41.8 Å². The molecule has 0 aliphatic carbocycles. The van der Waals surface area contributed by atoms with Crippen LogP contribution in [0.5, 0.6) is 0 Å². The van der Waals surface area contributed by atoms with Gasteiger partial charge in [-0.25, -0.2) is 0 Å². The first-order valence-electron chi connectivity index (χ1n) is 6.83. The van der Waals surface area contributed by atoms with Gasteiger partial charge in [0.15, 0.2) is 0 Å². The zero-order valence-electron chi connectivity index (χ0n) is 11.6. The second kappa shape index (κ2) is 8.25. The molecule has 1 aromatic heterocycles. The maximum absolute atomic E-state index is 12.1. The van der Waals surface area contributed by atoms with Crippen molar-refractivity contribution in [3.63, 3.8) is 0 Å². The van der Waals surface area contributed by atoms with E-state index in [1.54, 1.807) is 11.3 Å². The third kappa shape index (κ3) is 4.48. The van der Waals surface area contributed by atoms with E-state index in [1.807, 2.05) is 17.5 Å². The first-order chi connectivity index (χ1) is 9.81. The Morgan fingerprint density at radius 3 is 2.80 bits per heavy atom. The summed E-state index contributed by atoms with van der Waals surface area (Å²) >= 11 is 2.03. The van der Waals surface area contributed by atoms with E-state index in [4.69, 9.17) is 0 Å². The summed E-state index contributed by atoms with van der Waals surface area (Å²) in [5.74, 6) is 0.0876. The zero-order chi connectivity index (χ0) is 14.2. The molecule has 1 amide bonds. The van der Waals surface area contributed by atoms with Crippen LogP contribution < -0.4 is 9.09 Å². The molecule has 1 heterocycles. The van der Waals surface area contributed by atoms with Crippen molar-refractivity contribution >= 4 is 36.0 Å². The summed E-state index contributed by atoms with van der Waals surface area (Å²) in [5.41, 5.74) is 2.22. The van der Waals surface area contributed by atoms with Crippen LogP contribution in [0.4, 0.5) is 0 Å². The second-order valence-electron chi connectivity index (χ2n) is 4.51. The molecule has 1 aromatic carbocycles. The summed E-state index contributed by atoms with van der Waals surface area (Å²) in [6.45, 7) is 2.90. The molecule has 20 heavy (non-hydrogen) atoms.